The molecule has 0 saturated carbocycles. The van der Waals surface area contributed by atoms with E-state index < -0.39 is 54.1 Å². The summed E-state index contributed by atoms with van der Waals surface area (Å²) < 4.78 is 36.2. The number of amides is 1. The van der Waals surface area contributed by atoms with E-state index in [2.05, 4.69) is 5.32 Å². The molecule has 280 valence electrons. The summed E-state index contributed by atoms with van der Waals surface area (Å²) in [7, 11) is 1.39. The number of carbonyl (C=O) groups is 4. The zero-order valence-corrected chi connectivity index (χ0v) is 30.5. The predicted molar refractivity (Wildman–Crippen MR) is 193 cm³/mol. The van der Waals surface area contributed by atoms with Crippen molar-refractivity contribution in [2.45, 2.75) is 102 Å². The molecule has 0 spiro atoms. The summed E-state index contributed by atoms with van der Waals surface area (Å²) in [5, 5.41) is 2.81. The Morgan fingerprint density at radius 3 is 1.63 bits per heavy atom. The van der Waals surface area contributed by atoms with Crippen molar-refractivity contribution >= 4 is 23.8 Å². The molecule has 11 heteroatoms. The van der Waals surface area contributed by atoms with Crippen LogP contribution in [0.15, 0.2) is 91.0 Å². The third-order valence-electron chi connectivity index (χ3n) is 8.91. The maximum atomic E-state index is 12.6. The third kappa shape index (κ3) is 11.2. The standard InChI is InChI=1S/C41H51NO10/c1-29(43)42-37-39(51-31(3)45)38(50-30(2)44)35(52-40(37)48-27-19-8-6-5-7-18-26-36(46)47-4)28-49-41(32-20-12-9-13-21-32,33-22-14-10-15-23-33)34-24-16-11-17-25-34/h9-17,20-25,35,37-40H,5-8,18-19,26-28H2,1-4H3,(H,42,43)/t35-,37-,38-,39-,40-/m1/s1. The average Bonchev–Trinajstić information content (AvgIpc) is 3.14. The summed E-state index contributed by atoms with van der Waals surface area (Å²) in [6, 6.07) is 28.4. The van der Waals surface area contributed by atoms with Gasteiger partial charge >= 0.3 is 17.9 Å². The summed E-state index contributed by atoms with van der Waals surface area (Å²) in [6.45, 7) is 4.03. The SMILES string of the molecule is COC(=O)CCCCCCCCO[C@@H]1O[C@H](COC(c2ccccc2)(c2ccccc2)c2ccccc2)[C@@H](OC(C)=O)[C@H](OC(C)=O)[C@H]1NC(C)=O. The first-order chi connectivity index (χ1) is 25.1. The second-order valence-electron chi connectivity index (χ2n) is 12.8. The lowest BCUT2D eigenvalue weighted by Crippen LogP contribution is -2.66. The molecule has 11 nitrogen and oxygen atoms in total. The molecule has 4 rings (SSSR count). The first kappa shape index (κ1) is 40.2. The van der Waals surface area contributed by atoms with E-state index in [0.717, 1.165) is 48.8 Å². The fraction of sp³-hybridized carbons (Fsp3) is 0.463. The Bertz CT molecular complexity index is 1450. The van der Waals surface area contributed by atoms with Crippen LogP contribution in [0.5, 0.6) is 0 Å². The van der Waals surface area contributed by atoms with E-state index in [1.807, 2.05) is 91.0 Å². The Morgan fingerprint density at radius 1 is 0.673 bits per heavy atom. The second-order valence-corrected chi connectivity index (χ2v) is 12.8. The molecule has 1 aliphatic rings. The number of hydrogen-bond donors (Lipinski definition) is 1. The molecule has 0 unspecified atom stereocenters. The summed E-state index contributed by atoms with van der Waals surface area (Å²) in [6.07, 6.45) is 1.28. The van der Waals surface area contributed by atoms with Crippen molar-refractivity contribution in [2.75, 3.05) is 20.3 Å². The summed E-state index contributed by atoms with van der Waals surface area (Å²) >= 11 is 0. The van der Waals surface area contributed by atoms with Gasteiger partial charge in [-0.25, -0.2) is 0 Å². The first-order valence-corrected chi connectivity index (χ1v) is 17.9. The lowest BCUT2D eigenvalue weighted by atomic mass is 9.80. The Labute approximate surface area is 306 Å². The topological polar surface area (TPSA) is 136 Å². The highest BCUT2D eigenvalue weighted by Crippen LogP contribution is 2.41. The van der Waals surface area contributed by atoms with Gasteiger partial charge in [0.15, 0.2) is 18.5 Å². The Balaban J connectivity index is 1.62. The van der Waals surface area contributed by atoms with Crippen molar-refractivity contribution in [3.05, 3.63) is 108 Å². The van der Waals surface area contributed by atoms with Gasteiger partial charge in [0.2, 0.25) is 5.91 Å². The van der Waals surface area contributed by atoms with E-state index in [9.17, 15) is 19.2 Å². The van der Waals surface area contributed by atoms with Gasteiger partial charge in [-0.1, -0.05) is 117 Å². The maximum absolute atomic E-state index is 12.6. The molecule has 1 amide bonds. The van der Waals surface area contributed by atoms with Crippen LogP contribution in [-0.2, 0) is 53.2 Å². The fourth-order valence-electron chi connectivity index (χ4n) is 6.59. The van der Waals surface area contributed by atoms with Crippen LogP contribution in [0.3, 0.4) is 0 Å². The molecule has 1 fully saturated rings. The molecule has 5 atom stereocenters. The highest BCUT2D eigenvalue weighted by molar-refractivity contribution is 5.73. The van der Waals surface area contributed by atoms with Crippen LogP contribution in [0.1, 0.15) is 82.4 Å². The molecule has 0 aromatic heterocycles. The zero-order chi connectivity index (χ0) is 37.3. The van der Waals surface area contributed by atoms with Crippen LogP contribution in [0.2, 0.25) is 0 Å². The lowest BCUT2D eigenvalue weighted by Gasteiger charge is -2.46. The number of benzene rings is 3. The zero-order valence-electron chi connectivity index (χ0n) is 30.5. The number of rotatable bonds is 19. The van der Waals surface area contributed by atoms with E-state index in [1.165, 1.54) is 27.9 Å². The van der Waals surface area contributed by atoms with E-state index in [4.69, 9.17) is 28.4 Å². The minimum absolute atomic E-state index is 0.118. The third-order valence-corrected chi connectivity index (χ3v) is 8.91. The van der Waals surface area contributed by atoms with Gasteiger partial charge in [-0.3, -0.25) is 19.2 Å². The maximum Gasteiger partial charge on any atom is 0.305 e. The molecule has 1 aliphatic heterocycles. The molecule has 0 bridgehead atoms. The van der Waals surface area contributed by atoms with Crippen molar-refractivity contribution in [3.8, 4) is 0 Å². The largest absolute Gasteiger partial charge is 0.469 e. The van der Waals surface area contributed by atoms with Crippen molar-refractivity contribution < 1.29 is 47.6 Å². The van der Waals surface area contributed by atoms with E-state index >= 15 is 0 Å². The fourth-order valence-corrected chi connectivity index (χ4v) is 6.59. The molecule has 1 saturated heterocycles. The molecular formula is C41H51NO10. The summed E-state index contributed by atoms with van der Waals surface area (Å²) in [5.41, 5.74) is 1.46. The minimum atomic E-state index is -1.15. The molecular weight excluding hydrogens is 666 g/mol. The van der Waals surface area contributed by atoms with Crippen molar-refractivity contribution in [2.24, 2.45) is 0 Å². The first-order valence-electron chi connectivity index (χ1n) is 17.9. The van der Waals surface area contributed by atoms with E-state index in [0.29, 0.717) is 19.4 Å². The molecule has 1 N–H and O–H groups in total. The van der Waals surface area contributed by atoms with Gasteiger partial charge in [0.05, 0.1) is 13.7 Å². The van der Waals surface area contributed by atoms with Crippen molar-refractivity contribution in [1.29, 1.82) is 0 Å². The van der Waals surface area contributed by atoms with Gasteiger partial charge < -0.3 is 33.7 Å². The van der Waals surface area contributed by atoms with Crippen molar-refractivity contribution in [3.63, 3.8) is 0 Å². The summed E-state index contributed by atoms with van der Waals surface area (Å²) in [5.74, 6) is -1.85. The average molecular weight is 718 g/mol. The minimum Gasteiger partial charge on any atom is -0.469 e. The van der Waals surface area contributed by atoms with Gasteiger partial charge in [-0.15, -0.1) is 0 Å². The predicted octanol–water partition coefficient (Wildman–Crippen LogP) is 6.01. The van der Waals surface area contributed by atoms with Crippen LogP contribution in [0.25, 0.3) is 0 Å². The van der Waals surface area contributed by atoms with Crippen LogP contribution in [0.4, 0.5) is 0 Å². The Morgan fingerprint density at radius 2 is 1.15 bits per heavy atom. The van der Waals surface area contributed by atoms with E-state index in [1.54, 1.807) is 0 Å². The van der Waals surface area contributed by atoms with Gasteiger partial charge in [-0.2, -0.15) is 0 Å². The van der Waals surface area contributed by atoms with Gasteiger partial charge in [-0.05, 0) is 29.5 Å². The van der Waals surface area contributed by atoms with Crippen LogP contribution < -0.4 is 5.32 Å². The molecule has 0 radical (unpaired) electrons. The number of hydrogen-bond acceptors (Lipinski definition) is 10. The highest BCUT2D eigenvalue weighted by atomic mass is 16.7. The normalized spacial score (nSPS) is 20.0. The number of nitrogens with one attached hydrogen (secondary N) is 1. The molecule has 3 aromatic carbocycles. The van der Waals surface area contributed by atoms with Gasteiger partial charge in [0.25, 0.3) is 0 Å². The number of methoxy groups -OCH3 is 1. The molecule has 0 aliphatic carbocycles. The Kier molecular flexibility index (Phi) is 15.8. The summed E-state index contributed by atoms with van der Waals surface area (Å²) in [4.78, 5) is 48.9. The number of carbonyl (C=O) groups excluding carboxylic acids is 4. The number of esters is 3. The quantitative estimate of drug-likeness (QED) is 0.0680. The number of unbranched alkanes of at least 4 members (excludes halogenated alkanes) is 5. The van der Waals surface area contributed by atoms with Gasteiger partial charge in [0.1, 0.15) is 17.7 Å². The second kappa shape index (κ2) is 20.5. The molecule has 1 heterocycles. The highest BCUT2D eigenvalue weighted by Gasteiger charge is 2.52. The molecule has 3 aromatic rings. The number of ether oxygens (including phenoxy) is 6. The Hall–Kier alpha value is -4.58. The van der Waals surface area contributed by atoms with Crippen LogP contribution >= 0.6 is 0 Å². The van der Waals surface area contributed by atoms with E-state index in [-0.39, 0.29) is 12.6 Å². The monoisotopic (exact) mass is 717 g/mol. The van der Waals surface area contributed by atoms with Gasteiger partial charge in [0, 0.05) is 33.8 Å². The molecule has 52 heavy (non-hydrogen) atoms. The lowest BCUT2D eigenvalue weighted by molar-refractivity contribution is -0.282. The van der Waals surface area contributed by atoms with Crippen LogP contribution in [0, 0.1) is 0 Å². The smallest absolute Gasteiger partial charge is 0.305 e. The van der Waals surface area contributed by atoms with Crippen molar-refractivity contribution in [1.82, 2.24) is 5.32 Å². The van der Waals surface area contributed by atoms with Crippen LogP contribution in [-0.4, -0.2) is 74.8 Å².